The molecule has 0 aromatic heterocycles. The summed E-state index contributed by atoms with van der Waals surface area (Å²) in [6, 6.07) is 0. The van der Waals surface area contributed by atoms with Crippen molar-refractivity contribution in [1.82, 2.24) is 0 Å². The Balaban J connectivity index is 2.31. The van der Waals surface area contributed by atoms with Crippen LogP contribution < -0.4 is 5.73 Å². The lowest BCUT2D eigenvalue weighted by molar-refractivity contribution is 0.895. The number of hydrogen-bond acceptors (Lipinski definition) is 2. The molecule has 0 aromatic carbocycles. The highest BCUT2D eigenvalue weighted by atomic mass is 32.2. The molecule has 0 saturated heterocycles. The van der Waals surface area contributed by atoms with Crippen LogP contribution in [0.15, 0.2) is 4.99 Å². The Morgan fingerprint density at radius 2 is 2.27 bits per heavy atom. The summed E-state index contributed by atoms with van der Waals surface area (Å²) in [7, 11) is 0. The number of nitrogens with two attached hydrogens (primary N) is 1. The van der Waals surface area contributed by atoms with Gasteiger partial charge in [0.25, 0.3) is 0 Å². The molecule has 0 aromatic rings. The van der Waals surface area contributed by atoms with E-state index in [0.717, 1.165) is 18.8 Å². The fourth-order valence-electron chi connectivity index (χ4n) is 0.924. The smallest absolute Gasteiger partial charge is 0.0934 e. The average molecular weight is 172 g/mol. The number of thioether (sulfide) groups is 1. The first-order chi connectivity index (χ1) is 5.22. The van der Waals surface area contributed by atoms with E-state index in [4.69, 9.17) is 5.73 Å². The van der Waals surface area contributed by atoms with Gasteiger partial charge in [0.1, 0.15) is 0 Å². The highest BCUT2D eigenvalue weighted by Gasteiger charge is 2.41. The molecule has 0 heterocycles. The maximum atomic E-state index is 5.60. The summed E-state index contributed by atoms with van der Waals surface area (Å²) in [6.45, 7) is 2.96. The van der Waals surface area contributed by atoms with Crippen LogP contribution in [0.5, 0.6) is 0 Å². The van der Waals surface area contributed by atoms with Gasteiger partial charge in [0, 0.05) is 11.2 Å². The van der Waals surface area contributed by atoms with Gasteiger partial charge in [0.15, 0.2) is 0 Å². The van der Waals surface area contributed by atoms with Crippen molar-refractivity contribution in [3.05, 3.63) is 0 Å². The van der Waals surface area contributed by atoms with E-state index < -0.39 is 0 Å². The molecule has 1 aliphatic rings. The van der Waals surface area contributed by atoms with Crippen molar-refractivity contribution in [3.8, 4) is 0 Å². The second-order valence-electron chi connectivity index (χ2n) is 3.05. The second-order valence-corrected chi connectivity index (χ2v) is 4.32. The van der Waals surface area contributed by atoms with Crippen molar-refractivity contribution in [1.29, 1.82) is 0 Å². The first-order valence-electron chi connectivity index (χ1n) is 4.06. The molecule has 1 rings (SSSR count). The molecule has 0 radical (unpaired) electrons. The zero-order valence-electron chi connectivity index (χ0n) is 7.26. The third-order valence-electron chi connectivity index (χ3n) is 2.17. The third-order valence-corrected chi connectivity index (χ3v) is 3.58. The second kappa shape index (κ2) is 3.48. The molecule has 0 spiro atoms. The van der Waals surface area contributed by atoms with Gasteiger partial charge in [-0.05, 0) is 19.1 Å². The number of hydrogen-bond donors (Lipinski definition) is 1. The zero-order valence-corrected chi connectivity index (χ0v) is 8.08. The van der Waals surface area contributed by atoms with E-state index in [9.17, 15) is 0 Å². The molecule has 2 nitrogen and oxygen atoms in total. The van der Waals surface area contributed by atoms with E-state index in [2.05, 4.69) is 11.2 Å². The van der Waals surface area contributed by atoms with E-state index in [0.29, 0.717) is 4.75 Å². The predicted molar refractivity (Wildman–Crippen MR) is 52.3 cm³/mol. The highest BCUT2D eigenvalue weighted by molar-refractivity contribution is 8.00. The number of rotatable bonds is 4. The molecule has 0 bridgehead atoms. The largest absolute Gasteiger partial charge is 0.387 e. The van der Waals surface area contributed by atoms with Crippen LogP contribution in [0.4, 0.5) is 0 Å². The van der Waals surface area contributed by atoms with Gasteiger partial charge in [-0.3, -0.25) is 4.99 Å². The molecule has 1 aliphatic carbocycles. The first-order valence-corrected chi connectivity index (χ1v) is 5.29. The molecule has 2 N–H and O–H groups in total. The summed E-state index contributed by atoms with van der Waals surface area (Å²) < 4.78 is 0.472. The maximum Gasteiger partial charge on any atom is 0.0934 e. The number of aliphatic imine (C=N–C) groups is 1. The van der Waals surface area contributed by atoms with E-state index in [1.807, 2.05) is 18.7 Å². The quantitative estimate of drug-likeness (QED) is 0.517. The van der Waals surface area contributed by atoms with E-state index >= 15 is 0 Å². The minimum absolute atomic E-state index is 0.472. The van der Waals surface area contributed by atoms with Crippen LogP contribution in [0.3, 0.4) is 0 Å². The van der Waals surface area contributed by atoms with Gasteiger partial charge in [-0.15, -0.1) is 0 Å². The fourth-order valence-corrected chi connectivity index (χ4v) is 1.63. The molecule has 3 heteroatoms. The lowest BCUT2D eigenvalue weighted by Gasteiger charge is -2.07. The van der Waals surface area contributed by atoms with Crippen LogP contribution >= 0.6 is 11.8 Å². The summed E-state index contributed by atoms with van der Waals surface area (Å²) in [5.41, 5.74) is 5.60. The van der Waals surface area contributed by atoms with Crippen molar-refractivity contribution in [2.45, 2.75) is 30.9 Å². The zero-order chi connectivity index (χ0) is 8.32. The summed E-state index contributed by atoms with van der Waals surface area (Å²) in [5.74, 6) is 0.797. The molecule has 64 valence electrons. The van der Waals surface area contributed by atoms with Gasteiger partial charge in [0.2, 0.25) is 0 Å². The Hall–Kier alpha value is -0.180. The fraction of sp³-hybridized carbons (Fsp3) is 0.875. The molecule has 1 fully saturated rings. The van der Waals surface area contributed by atoms with Crippen LogP contribution in [0.25, 0.3) is 0 Å². The predicted octanol–water partition coefficient (Wildman–Crippen LogP) is 1.65. The molecular formula is C8H16N2S. The van der Waals surface area contributed by atoms with Gasteiger partial charge in [-0.1, -0.05) is 6.92 Å². The van der Waals surface area contributed by atoms with Crippen LogP contribution in [0.2, 0.25) is 0 Å². The maximum absolute atomic E-state index is 5.60. The van der Waals surface area contributed by atoms with E-state index in [-0.39, 0.29) is 0 Å². The lowest BCUT2D eigenvalue weighted by Crippen LogP contribution is -2.15. The molecule has 0 amide bonds. The minimum Gasteiger partial charge on any atom is -0.387 e. The first kappa shape index (κ1) is 8.91. The van der Waals surface area contributed by atoms with Crippen molar-refractivity contribution >= 4 is 17.6 Å². The Morgan fingerprint density at radius 3 is 2.64 bits per heavy atom. The Labute approximate surface area is 72.6 Å². The van der Waals surface area contributed by atoms with Gasteiger partial charge in [-0.2, -0.15) is 11.8 Å². The highest BCUT2D eigenvalue weighted by Crippen LogP contribution is 2.47. The summed E-state index contributed by atoms with van der Waals surface area (Å²) >= 11 is 1.93. The summed E-state index contributed by atoms with van der Waals surface area (Å²) in [6.07, 6.45) is 5.67. The molecule has 11 heavy (non-hydrogen) atoms. The molecule has 0 unspecified atom stereocenters. The summed E-state index contributed by atoms with van der Waals surface area (Å²) in [4.78, 5) is 4.32. The van der Waals surface area contributed by atoms with E-state index in [1.54, 1.807) is 0 Å². The van der Waals surface area contributed by atoms with Gasteiger partial charge >= 0.3 is 0 Å². The van der Waals surface area contributed by atoms with Gasteiger partial charge in [0.05, 0.1) is 12.4 Å². The monoisotopic (exact) mass is 172 g/mol. The lowest BCUT2D eigenvalue weighted by atomic mass is 10.4. The van der Waals surface area contributed by atoms with Crippen LogP contribution in [0.1, 0.15) is 26.2 Å². The van der Waals surface area contributed by atoms with Crippen molar-refractivity contribution in [2.75, 3.05) is 12.8 Å². The Bertz CT molecular complexity index is 161. The van der Waals surface area contributed by atoms with Crippen molar-refractivity contribution in [3.63, 3.8) is 0 Å². The van der Waals surface area contributed by atoms with E-state index in [1.165, 1.54) is 12.8 Å². The van der Waals surface area contributed by atoms with Crippen LogP contribution in [0, 0.1) is 0 Å². The van der Waals surface area contributed by atoms with Crippen molar-refractivity contribution in [2.24, 2.45) is 10.7 Å². The topological polar surface area (TPSA) is 38.4 Å². The van der Waals surface area contributed by atoms with Crippen molar-refractivity contribution < 1.29 is 0 Å². The molecular weight excluding hydrogens is 156 g/mol. The Morgan fingerprint density at radius 1 is 1.64 bits per heavy atom. The third kappa shape index (κ3) is 2.40. The molecule has 0 aliphatic heterocycles. The Kier molecular flexibility index (Phi) is 2.82. The van der Waals surface area contributed by atoms with Gasteiger partial charge < -0.3 is 5.73 Å². The normalized spacial score (nSPS) is 21.8. The van der Waals surface area contributed by atoms with Crippen LogP contribution in [-0.4, -0.2) is 23.4 Å². The number of nitrogens with zero attached hydrogens (tertiary/aromatic N) is 1. The SMILES string of the molecule is CCC(N)=NCC1(SC)CC1. The average Bonchev–Trinajstić information content (AvgIpc) is 2.81. The van der Waals surface area contributed by atoms with Gasteiger partial charge in [-0.25, -0.2) is 0 Å². The molecule has 0 atom stereocenters. The van der Waals surface area contributed by atoms with Crippen LogP contribution in [-0.2, 0) is 0 Å². The minimum atomic E-state index is 0.472. The standard InChI is InChI=1S/C8H16N2S/c1-3-7(9)10-6-8(11-2)4-5-8/h3-6H2,1-2H3,(H2,9,10). The summed E-state index contributed by atoms with van der Waals surface area (Å²) in [5, 5.41) is 0. The molecule has 1 saturated carbocycles. The number of amidine groups is 1.